The van der Waals surface area contributed by atoms with Crippen molar-refractivity contribution in [3.63, 3.8) is 0 Å². The van der Waals surface area contributed by atoms with Crippen molar-refractivity contribution >= 4 is 23.1 Å². The fourth-order valence-corrected chi connectivity index (χ4v) is 4.29. The number of nitrogens with two attached hydrogens (primary N) is 2. The van der Waals surface area contributed by atoms with E-state index in [1.165, 1.54) is 6.42 Å². The molecular formula is C27H29ClN4O. The molecule has 0 radical (unpaired) electrons. The quantitative estimate of drug-likeness (QED) is 0.295. The second-order valence-electron chi connectivity index (χ2n) is 8.06. The van der Waals surface area contributed by atoms with Gasteiger partial charge in [0.2, 0.25) is 0 Å². The monoisotopic (exact) mass is 460 g/mol. The van der Waals surface area contributed by atoms with Crippen molar-refractivity contribution in [1.82, 2.24) is 9.55 Å². The molecule has 0 aliphatic carbocycles. The summed E-state index contributed by atoms with van der Waals surface area (Å²) in [4.78, 5) is 4.74. The Morgan fingerprint density at radius 1 is 0.879 bits per heavy atom. The van der Waals surface area contributed by atoms with Crippen LogP contribution in [-0.2, 0) is 5.54 Å². The number of ether oxygens (including phenoxy) is 1. The van der Waals surface area contributed by atoms with Crippen molar-refractivity contribution in [3.05, 3.63) is 107 Å². The Morgan fingerprint density at radius 2 is 1.52 bits per heavy atom. The zero-order chi connectivity index (χ0) is 23.3. The molecule has 0 saturated heterocycles. The van der Waals surface area contributed by atoms with Gasteiger partial charge >= 0.3 is 0 Å². The lowest BCUT2D eigenvalue weighted by atomic mass is 9.79. The Morgan fingerprint density at radius 3 is 2.12 bits per heavy atom. The van der Waals surface area contributed by atoms with Gasteiger partial charge in [0.05, 0.1) is 18.0 Å². The number of anilines is 2. The Labute approximate surface area is 200 Å². The Kier molecular flexibility index (Phi) is 6.90. The third-order valence-electron chi connectivity index (χ3n) is 5.87. The van der Waals surface area contributed by atoms with Crippen molar-refractivity contribution in [2.45, 2.75) is 31.7 Å². The van der Waals surface area contributed by atoms with Crippen LogP contribution in [0.3, 0.4) is 0 Å². The van der Waals surface area contributed by atoms with Crippen LogP contribution in [0.2, 0.25) is 5.02 Å². The maximum absolute atomic E-state index is 6.24. The number of pyridine rings is 1. The summed E-state index contributed by atoms with van der Waals surface area (Å²) in [5.74, 6) is 1.14. The van der Waals surface area contributed by atoms with Crippen molar-refractivity contribution in [2.75, 3.05) is 18.1 Å². The van der Waals surface area contributed by atoms with Crippen LogP contribution in [-0.4, -0.2) is 16.2 Å². The van der Waals surface area contributed by atoms with Crippen LogP contribution in [0.1, 0.15) is 43.0 Å². The molecule has 0 spiro atoms. The number of hydrogen-bond acceptors (Lipinski definition) is 4. The first-order chi connectivity index (χ1) is 16.1. The topological polar surface area (TPSA) is 79.1 Å². The number of nitrogen functional groups attached to an aromatic ring is 2. The molecule has 2 aromatic heterocycles. The molecule has 0 saturated carbocycles. The van der Waals surface area contributed by atoms with E-state index in [-0.39, 0.29) is 0 Å². The van der Waals surface area contributed by atoms with E-state index in [0.29, 0.717) is 23.1 Å². The molecular weight excluding hydrogens is 432 g/mol. The highest BCUT2D eigenvalue weighted by Crippen LogP contribution is 2.41. The van der Waals surface area contributed by atoms with Crippen LogP contribution in [0, 0.1) is 0 Å². The van der Waals surface area contributed by atoms with E-state index in [2.05, 4.69) is 23.6 Å². The molecule has 4 rings (SSSR count). The lowest BCUT2D eigenvalue weighted by Crippen LogP contribution is -2.38. The molecule has 2 aromatic carbocycles. The molecule has 0 bridgehead atoms. The summed E-state index contributed by atoms with van der Waals surface area (Å²) in [5.41, 5.74) is 14.6. The highest BCUT2D eigenvalue weighted by atomic mass is 35.5. The molecule has 33 heavy (non-hydrogen) atoms. The zero-order valence-electron chi connectivity index (χ0n) is 18.7. The Balaban J connectivity index is 1.88. The lowest BCUT2D eigenvalue weighted by Gasteiger charge is -2.37. The number of hydrogen-bond donors (Lipinski definition) is 2. The highest BCUT2D eigenvalue weighted by Gasteiger charge is 2.39. The molecule has 6 heteroatoms. The van der Waals surface area contributed by atoms with E-state index in [0.717, 1.165) is 35.4 Å². The normalized spacial score (nSPS) is 12.9. The molecule has 5 nitrogen and oxygen atoms in total. The molecule has 0 aliphatic rings. The zero-order valence-corrected chi connectivity index (χ0v) is 19.5. The van der Waals surface area contributed by atoms with Gasteiger partial charge in [0.15, 0.2) is 0 Å². The summed E-state index contributed by atoms with van der Waals surface area (Å²) in [5, 5.41) is 0.667. The predicted octanol–water partition coefficient (Wildman–Crippen LogP) is 6.11. The van der Waals surface area contributed by atoms with Crippen LogP contribution in [0.15, 0.2) is 85.2 Å². The maximum atomic E-state index is 6.24. The van der Waals surface area contributed by atoms with E-state index in [1.807, 2.05) is 67.0 Å². The summed E-state index contributed by atoms with van der Waals surface area (Å²) >= 11 is 6.24. The Hall–Kier alpha value is -3.44. The first-order valence-corrected chi connectivity index (χ1v) is 11.6. The minimum Gasteiger partial charge on any atom is -0.494 e. The van der Waals surface area contributed by atoms with Gasteiger partial charge in [-0.15, -0.1) is 0 Å². The smallest absolute Gasteiger partial charge is 0.147 e. The molecule has 4 N–H and O–H groups in total. The number of benzene rings is 2. The van der Waals surface area contributed by atoms with Crippen molar-refractivity contribution in [2.24, 2.45) is 0 Å². The average molecular weight is 461 g/mol. The second kappa shape index (κ2) is 10.0. The van der Waals surface area contributed by atoms with Gasteiger partial charge in [-0.05, 0) is 66.1 Å². The van der Waals surface area contributed by atoms with Crippen LogP contribution in [0.25, 0.3) is 0 Å². The fourth-order valence-electron chi connectivity index (χ4n) is 4.16. The third kappa shape index (κ3) is 4.55. The van der Waals surface area contributed by atoms with E-state index in [1.54, 1.807) is 6.07 Å². The highest BCUT2D eigenvalue weighted by molar-refractivity contribution is 6.30. The van der Waals surface area contributed by atoms with Gasteiger partial charge in [0.1, 0.15) is 17.1 Å². The molecule has 170 valence electrons. The predicted molar refractivity (Wildman–Crippen MR) is 136 cm³/mol. The van der Waals surface area contributed by atoms with E-state index >= 15 is 0 Å². The molecule has 4 aromatic rings. The van der Waals surface area contributed by atoms with Gasteiger partial charge in [-0.25, -0.2) is 4.98 Å². The molecule has 1 unspecified atom stereocenters. The summed E-state index contributed by atoms with van der Waals surface area (Å²) in [7, 11) is 0. The molecule has 1 atom stereocenters. The SMILES string of the molecule is CCCCCOc1ccc(C(c2ccc(Cl)cc2)(c2ccc(N)c(N)n2)n2cccc2)cc1. The Bertz CT molecular complexity index is 1170. The van der Waals surface area contributed by atoms with Crippen LogP contribution in [0.5, 0.6) is 5.75 Å². The largest absolute Gasteiger partial charge is 0.494 e. The van der Waals surface area contributed by atoms with Crippen LogP contribution < -0.4 is 16.2 Å². The minimum atomic E-state index is -0.781. The number of aromatic nitrogens is 2. The van der Waals surface area contributed by atoms with Gasteiger partial charge < -0.3 is 20.8 Å². The number of rotatable bonds is 9. The van der Waals surface area contributed by atoms with E-state index in [4.69, 9.17) is 32.8 Å². The molecule has 0 aliphatic heterocycles. The molecule has 0 amide bonds. The van der Waals surface area contributed by atoms with Gasteiger partial charge in [0, 0.05) is 17.4 Å². The first-order valence-electron chi connectivity index (χ1n) is 11.2. The van der Waals surface area contributed by atoms with E-state index in [9.17, 15) is 0 Å². The van der Waals surface area contributed by atoms with Gasteiger partial charge in [-0.1, -0.05) is 55.6 Å². The standard InChI is InChI=1S/C27H29ClN4O/c1-2-3-6-19-33-23-13-9-21(10-14-23)27(32-17-4-5-18-32,20-7-11-22(28)12-8-20)25-16-15-24(29)26(30)31-25/h4-5,7-18H,2-3,6,19,29H2,1H3,(H2,30,31). The van der Waals surface area contributed by atoms with Gasteiger partial charge in [-0.3, -0.25) is 0 Å². The summed E-state index contributed by atoms with van der Waals surface area (Å²) in [6, 6.07) is 23.7. The summed E-state index contributed by atoms with van der Waals surface area (Å²) in [6.45, 7) is 2.90. The first kappa shape index (κ1) is 22.7. The number of unbranched alkanes of at least 4 members (excludes halogenated alkanes) is 2. The minimum absolute atomic E-state index is 0.300. The van der Waals surface area contributed by atoms with Crippen molar-refractivity contribution < 1.29 is 4.74 Å². The maximum Gasteiger partial charge on any atom is 0.147 e. The molecule has 0 fully saturated rings. The number of halogens is 1. The van der Waals surface area contributed by atoms with Crippen molar-refractivity contribution in [1.29, 1.82) is 0 Å². The van der Waals surface area contributed by atoms with Crippen LogP contribution >= 0.6 is 11.6 Å². The average Bonchev–Trinajstić information content (AvgIpc) is 3.37. The van der Waals surface area contributed by atoms with Crippen LogP contribution in [0.4, 0.5) is 11.5 Å². The third-order valence-corrected chi connectivity index (χ3v) is 6.12. The van der Waals surface area contributed by atoms with Gasteiger partial charge in [-0.2, -0.15) is 0 Å². The fraction of sp³-hybridized carbons (Fsp3) is 0.222. The van der Waals surface area contributed by atoms with Crippen molar-refractivity contribution in [3.8, 4) is 5.75 Å². The number of nitrogens with zero attached hydrogens (tertiary/aromatic N) is 2. The molecule has 2 heterocycles. The van der Waals surface area contributed by atoms with Gasteiger partial charge in [0.25, 0.3) is 0 Å². The van der Waals surface area contributed by atoms with E-state index < -0.39 is 5.54 Å². The second-order valence-corrected chi connectivity index (χ2v) is 8.49. The lowest BCUT2D eigenvalue weighted by molar-refractivity contribution is 0.306. The summed E-state index contributed by atoms with van der Waals surface area (Å²) < 4.78 is 8.08. The summed E-state index contributed by atoms with van der Waals surface area (Å²) in [6.07, 6.45) is 7.43.